The van der Waals surface area contributed by atoms with Gasteiger partial charge in [-0.3, -0.25) is 9.10 Å². The molecule has 0 bridgehead atoms. The highest BCUT2D eigenvalue weighted by Gasteiger charge is 2.39. The van der Waals surface area contributed by atoms with Gasteiger partial charge in [-0.1, -0.05) is 54.6 Å². The molecule has 0 saturated carbocycles. The van der Waals surface area contributed by atoms with Crippen molar-refractivity contribution < 1.29 is 18.3 Å². The number of nitrogens with zero attached hydrogens (tertiary/aromatic N) is 1. The van der Waals surface area contributed by atoms with Crippen LogP contribution < -0.4 is 0 Å². The predicted molar refractivity (Wildman–Crippen MR) is 106 cm³/mol. The number of hydrogen-bond acceptors (Lipinski definition) is 4. The molecule has 0 unspecified atom stereocenters. The minimum Gasteiger partial charge on any atom is -0.508 e. The van der Waals surface area contributed by atoms with E-state index < -0.39 is 10.0 Å². The fourth-order valence-electron chi connectivity index (χ4n) is 3.16. The summed E-state index contributed by atoms with van der Waals surface area (Å²) in [6.07, 6.45) is 1.54. The Hall–Kier alpha value is -3.38. The minimum atomic E-state index is -3.90. The van der Waals surface area contributed by atoms with Crippen LogP contribution in [-0.2, 0) is 16.6 Å². The number of aromatic hydroxyl groups is 1. The molecule has 28 heavy (non-hydrogen) atoms. The van der Waals surface area contributed by atoms with Crippen molar-refractivity contribution in [1.82, 2.24) is 4.31 Å². The molecule has 1 N–H and O–H groups in total. The number of hydrogen-bond donors (Lipinski definition) is 1. The Kier molecular flexibility index (Phi) is 4.49. The Morgan fingerprint density at radius 2 is 1.50 bits per heavy atom. The zero-order chi connectivity index (χ0) is 19.7. The van der Waals surface area contributed by atoms with Crippen molar-refractivity contribution in [2.45, 2.75) is 11.4 Å². The number of sulfonamides is 1. The van der Waals surface area contributed by atoms with Crippen molar-refractivity contribution >= 4 is 21.9 Å². The molecule has 0 aromatic heterocycles. The quantitative estimate of drug-likeness (QED) is 0.689. The smallest absolute Gasteiger partial charge is 0.265 e. The van der Waals surface area contributed by atoms with E-state index in [1.54, 1.807) is 24.3 Å². The van der Waals surface area contributed by atoms with E-state index in [2.05, 4.69) is 0 Å². The fourth-order valence-corrected chi connectivity index (χ4v) is 4.80. The van der Waals surface area contributed by atoms with Gasteiger partial charge in [0.1, 0.15) is 11.4 Å². The van der Waals surface area contributed by atoms with Crippen LogP contribution in [0.15, 0.2) is 89.5 Å². The van der Waals surface area contributed by atoms with E-state index >= 15 is 0 Å². The molecular weight excluding hydrogens is 374 g/mol. The van der Waals surface area contributed by atoms with Gasteiger partial charge in [-0.25, -0.2) is 8.42 Å². The number of allylic oxidation sites excluding steroid dienone is 1. The second kappa shape index (κ2) is 6.98. The second-order valence-corrected chi connectivity index (χ2v) is 8.27. The van der Waals surface area contributed by atoms with Gasteiger partial charge in [-0.2, -0.15) is 0 Å². The molecule has 3 aromatic carbocycles. The zero-order valence-electron chi connectivity index (χ0n) is 14.8. The van der Waals surface area contributed by atoms with Gasteiger partial charge in [0, 0.05) is 5.56 Å². The molecule has 1 aliphatic heterocycles. The first kappa shape index (κ1) is 18.0. The van der Waals surface area contributed by atoms with Crippen molar-refractivity contribution in [2.24, 2.45) is 0 Å². The summed E-state index contributed by atoms with van der Waals surface area (Å²) in [7, 11) is -3.90. The molecule has 0 aliphatic carbocycles. The summed E-state index contributed by atoms with van der Waals surface area (Å²) >= 11 is 0. The Bertz CT molecular complexity index is 1170. The van der Waals surface area contributed by atoms with Crippen LogP contribution in [-0.4, -0.2) is 23.6 Å². The first-order valence-electron chi connectivity index (χ1n) is 8.68. The molecule has 3 aromatic rings. The van der Waals surface area contributed by atoms with E-state index in [-0.39, 0.29) is 34.2 Å². The van der Waals surface area contributed by atoms with Crippen molar-refractivity contribution in [3.05, 3.63) is 101 Å². The first-order valence-corrected chi connectivity index (χ1v) is 10.1. The number of fused-ring (bicyclic) bond motifs is 1. The molecule has 0 radical (unpaired) electrons. The Morgan fingerprint density at radius 1 is 0.857 bits per heavy atom. The molecule has 140 valence electrons. The lowest BCUT2D eigenvalue weighted by atomic mass is 10.0. The van der Waals surface area contributed by atoms with Crippen LogP contribution in [0.5, 0.6) is 5.75 Å². The summed E-state index contributed by atoms with van der Waals surface area (Å²) in [5, 5.41) is 9.48. The van der Waals surface area contributed by atoms with Crippen LogP contribution in [0, 0.1) is 0 Å². The van der Waals surface area contributed by atoms with E-state index in [1.165, 1.54) is 30.3 Å². The van der Waals surface area contributed by atoms with Gasteiger partial charge in [0.2, 0.25) is 5.78 Å². The van der Waals surface area contributed by atoms with Crippen molar-refractivity contribution in [3.63, 3.8) is 0 Å². The fraction of sp³-hybridized carbons (Fsp3) is 0.0455. The molecule has 1 heterocycles. The Morgan fingerprint density at radius 3 is 2.21 bits per heavy atom. The van der Waals surface area contributed by atoms with Gasteiger partial charge in [-0.15, -0.1) is 0 Å². The number of rotatable bonds is 3. The standard InChI is InChI=1S/C22H17NO4S/c24-18-12-10-16(11-13-18)14-20-22(25)19-8-4-5-9-21(19)28(26,27)23(20)15-17-6-2-1-3-7-17/h1-14,24H,15H2. The first-order chi connectivity index (χ1) is 13.5. The van der Waals surface area contributed by atoms with Gasteiger partial charge in [0.05, 0.1) is 11.4 Å². The molecule has 1 aliphatic rings. The third kappa shape index (κ3) is 3.18. The molecule has 0 saturated heterocycles. The number of benzene rings is 3. The maximum atomic E-state index is 13.3. The maximum absolute atomic E-state index is 13.3. The van der Waals surface area contributed by atoms with Crippen LogP contribution in [0.1, 0.15) is 21.5 Å². The largest absolute Gasteiger partial charge is 0.508 e. The van der Waals surface area contributed by atoms with Gasteiger partial charge < -0.3 is 5.11 Å². The number of phenols is 1. The van der Waals surface area contributed by atoms with Crippen molar-refractivity contribution in [3.8, 4) is 5.75 Å². The van der Waals surface area contributed by atoms with Crippen LogP contribution in [0.3, 0.4) is 0 Å². The van der Waals surface area contributed by atoms with E-state index in [1.807, 2.05) is 30.3 Å². The maximum Gasteiger partial charge on any atom is 0.265 e. The monoisotopic (exact) mass is 391 g/mol. The predicted octanol–water partition coefficient (Wildman–Crippen LogP) is 3.82. The third-order valence-corrected chi connectivity index (χ3v) is 6.38. The molecule has 0 atom stereocenters. The van der Waals surface area contributed by atoms with Crippen LogP contribution in [0.4, 0.5) is 0 Å². The minimum absolute atomic E-state index is 0.0128. The Balaban J connectivity index is 1.89. The molecule has 0 spiro atoms. The lowest BCUT2D eigenvalue weighted by molar-refractivity contribution is 0.100. The zero-order valence-corrected chi connectivity index (χ0v) is 15.6. The van der Waals surface area contributed by atoms with Gasteiger partial charge >= 0.3 is 0 Å². The van der Waals surface area contributed by atoms with Crippen LogP contribution in [0.25, 0.3) is 6.08 Å². The number of phenolic OH excluding ortho intramolecular Hbond substituents is 1. The Labute approximate surface area is 163 Å². The topological polar surface area (TPSA) is 74.7 Å². The highest BCUT2D eigenvalue weighted by Crippen LogP contribution is 2.34. The number of ketones is 1. The van der Waals surface area contributed by atoms with Crippen LogP contribution in [0.2, 0.25) is 0 Å². The molecule has 0 amide bonds. The summed E-state index contributed by atoms with van der Waals surface area (Å²) < 4.78 is 27.8. The SMILES string of the molecule is O=C1C(=Cc2ccc(O)cc2)N(Cc2ccccc2)S(=O)(=O)c2ccccc21. The van der Waals surface area contributed by atoms with E-state index in [0.717, 1.165) is 9.87 Å². The number of carbonyl (C=O) groups excluding carboxylic acids is 1. The number of carbonyl (C=O) groups is 1. The highest BCUT2D eigenvalue weighted by atomic mass is 32.2. The highest BCUT2D eigenvalue weighted by molar-refractivity contribution is 7.89. The average molecular weight is 391 g/mol. The summed E-state index contributed by atoms with van der Waals surface area (Å²) in [6, 6.07) is 21.6. The van der Waals surface area contributed by atoms with Gasteiger partial charge in [-0.05, 0) is 41.5 Å². The average Bonchev–Trinajstić information content (AvgIpc) is 2.71. The second-order valence-electron chi connectivity index (χ2n) is 6.44. The van der Waals surface area contributed by atoms with Crippen molar-refractivity contribution in [2.75, 3.05) is 0 Å². The van der Waals surface area contributed by atoms with E-state index in [9.17, 15) is 18.3 Å². The van der Waals surface area contributed by atoms with Crippen molar-refractivity contribution in [1.29, 1.82) is 0 Å². The van der Waals surface area contributed by atoms with Crippen LogP contribution >= 0.6 is 0 Å². The van der Waals surface area contributed by atoms with E-state index in [0.29, 0.717) is 5.56 Å². The molecule has 0 fully saturated rings. The van der Waals surface area contributed by atoms with Gasteiger partial charge in [0.25, 0.3) is 10.0 Å². The molecule has 4 rings (SSSR count). The molecule has 5 nitrogen and oxygen atoms in total. The lowest BCUT2D eigenvalue weighted by Gasteiger charge is -2.31. The van der Waals surface area contributed by atoms with E-state index in [4.69, 9.17) is 0 Å². The summed E-state index contributed by atoms with van der Waals surface area (Å²) in [6.45, 7) is 0.0488. The van der Waals surface area contributed by atoms with Gasteiger partial charge in [0.15, 0.2) is 0 Å². The normalized spacial score (nSPS) is 16.8. The summed E-state index contributed by atoms with van der Waals surface area (Å²) in [5.74, 6) is -0.259. The molecule has 6 heteroatoms. The summed E-state index contributed by atoms with van der Waals surface area (Å²) in [4.78, 5) is 13.2. The number of Topliss-reactive ketones (excluding diaryl/α,β-unsaturated/α-hetero) is 1. The molecular formula is C22H17NO4S. The lowest BCUT2D eigenvalue weighted by Crippen LogP contribution is -2.38. The third-order valence-electron chi connectivity index (χ3n) is 4.57. The summed E-state index contributed by atoms with van der Waals surface area (Å²) in [5.41, 5.74) is 1.63.